The molecule has 0 unspecified atom stereocenters. The summed E-state index contributed by atoms with van der Waals surface area (Å²) in [6.07, 6.45) is -2.86. The first-order chi connectivity index (χ1) is 11.8. The number of pyridine rings is 1. The van der Waals surface area contributed by atoms with Crippen molar-refractivity contribution in [3.63, 3.8) is 0 Å². The third-order valence-electron chi connectivity index (χ3n) is 3.72. The molecule has 0 saturated carbocycles. The molecule has 0 saturated heterocycles. The van der Waals surface area contributed by atoms with Gasteiger partial charge in [0.05, 0.1) is 11.8 Å². The summed E-state index contributed by atoms with van der Waals surface area (Å²) in [5.41, 5.74) is 0.267. The maximum Gasteiger partial charge on any atom is 0.416 e. The molecule has 9 heteroatoms. The van der Waals surface area contributed by atoms with Crippen LogP contribution in [0.15, 0.2) is 48.7 Å². The molecule has 0 radical (unpaired) electrons. The molecule has 0 N–H and O–H groups in total. The van der Waals surface area contributed by atoms with E-state index >= 15 is 0 Å². The fraction of sp³-hybridized carbons (Fsp3) is 0.188. The van der Waals surface area contributed by atoms with E-state index < -0.39 is 16.7 Å². The average molecular weight is 350 g/mol. The normalized spacial score (nSPS) is 11.7. The van der Waals surface area contributed by atoms with Crippen LogP contribution in [-0.4, -0.2) is 21.4 Å². The first-order valence-corrected chi connectivity index (χ1v) is 7.26. The van der Waals surface area contributed by atoms with E-state index in [9.17, 15) is 23.3 Å². The van der Waals surface area contributed by atoms with Gasteiger partial charge in [0.25, 0.3) is 0 Å². The van der Waals surface area contributed by atoms with E-state index in [4.69, 9.17) is 0 Å². The number of nitro groups is 1. The molecule has 0 fully saturated rings. The van der Waals surface area contributed by atoms with Gasteiger partial charge in [-0.25, -0.2) is 0 Å². The van der Waals surface area contributed by atoms with Crippen LogP contribution >= 0.6 is 0 Å². The van der Waals surface area contributed by atoms with E-state index in [2.05, 4.69) is 4.98 Å². The molecule has 3 rings (SSSR count). The third kappa shape index (κ3) is 3.25. The van der Waals surface area contributed by atoms with Crippen molar-refractivity contribution >= 4 is 17.3 Å². The topological polar surface area (TPSA) is 63.7 Å². The number of halogens is 3. The Balaban J connectivity index is 1.91. The maximum atomic E-state index is 12.6. The maximum absolute atomic E-state index is 12.6. The second-order valence-electron chi connectivity index (χ2n) is 5.50. The van der Waals surface area contributed by atoms with Crippen LogP contribution in [0.25, 0.3) is 5.65 Å². The molecule has 0 bridgehead atoms. The number of rotatable bonds is 4. The molecule has 6 nitrogen and oxygen atoms in total. The lowest BCUT2D eigenvalue weighted by molar-refractivity contribution is -0.389. The lowest BCUT2D eigenvalue weighted by atomic mass is 10.1. The number of fused-ring (bicyclic) bond motifs is 1. The quantitative estimate of drug-likeness (QED) is 0.529. The summed E-state index contributed by atoms with van der Waals surface area (Å²) in [7, 11) is 1.60. The summed E-state index contributed by atoms with van der Waals surface area (Å²) >= 11 is 0. The molecule has 0 amide bonds. The fourth-order valence-electron chi connectivity index (χ4n) is 2.54. The van der Waals surface area contributed by atoms with E-state index in [1.165, 1.54) is 27.6 Å². The largest absolute Gasteiger partial charge is 0.416 e. The number of anilines is 1. The van der Waals surface area contributed by atoms with Crippen molar-refractivity contribution in [2.24, 2.45) is 0 Å². The smallest absolute Gasteiger partial charge is 0.358 e. The van der Waals surface area contributed by atoms with Gasteiger partial charge >= 0.3 is 12.0 Å². The number of aromatic nitrogens is 2. The van der Waals surface area contributed by atoms with Crippen molar-refractivity contribution in [1.29, 1.82) is 0 Å². The summed E-state index contributed by atoms with van der Waals surface area (Å²) in [6.45, 7) is 0.183. The molecular weight excluding hydrogens is 337 g/mol. The Bertz CT molecular complexity index is 919. The predicted octanol–water partition coefficient (Wildman–Crippen LogP) is 3.90. The minimum Gasteiger partial charge on any atom is -0.358 e. The molecule has 3 aromatic rings. The van der Waals surface area contributed by atoms with Crippen molar-refractivity contribution < 1.29 is 18.1 Å². The lowest BCUT2D eigenvalue weighted by Crippen LogP contribution is -2.18. The number of hydrogen-bond acceptors (Lipinski definition) is 4. The van der Waals surface area contributed by atoms with Crippen molar-refractivity contribution in [2.75, 3.05) is 11.9 Å². The summed E-state index contributed by atoms with van der Waals surface area (Å²) in [5.74, 6) is -0.0406. The van der Waals surface area contributed by atoms with Gasteiger partial charge in [0, 0.05) is 19.7 Å². The molecule has 2 aromatic heterocycles. The second kappa shape index (κ2) is 6.08. The molecule has 0 aliphatic carbocycles. The highest BCUT2D eigenvalue weighted by molar-refractivity contribution is 5.63. The highest BCUT2D eigenvalue weighted by Gasteiger charge is 2.30. The summed E-state index contributed by atoms with van der Waals surface area (Å²) in [5, 5.41) is 11.4. The van der Waals surface area contributed by atoms with Crippen LogP contribution in [0.1, 0.15) is 11.1 Å². The first kappa shape index (κ1) is 16.7. The van der Waals surface area contributed by atoms with Crippen molar-refractivity contribution in [2.45, 2.75) is 12.7 Å². The number of alkyl halides is 3. The van der Waals surface area contributed by atoms with Gasteiger partial charge in [0.2, 0.25) is 11.5 Å². The van der Waals surface area contributed by atoms with E-state index in [0.717, 1.165) is 12.1 Å². The zero-order valence-corrected chi connectivity index (χ0v) is 13.1. The average Bonchev–Trinajstić information content (AvgIpc) is 2.94. The van der Waals surface area contributed by atoms with Crippen molar-refractivity contribution in [1.82, 2.24) is 9.38 Å². The van der Waals surface area contributed by atoms with Gasteiger partial charge in [-0.15, -0.1) is 0 Å². The Morgan fingerprint density at radius 1 is 1.20 bits per heavy atom. The Morgan fingerprint density at radius 3 is 2.48 bits per heavy atom. The minimum atomic E-state index is -4.40. The van der Waals surface area contributed by atoms with Crippen LogP contribution in [0.5, 0.6) is 0 Å². The highest BCUT2D eigenvalue weighted by atomic mass is 19.4. The van der Waals surface area contributed by atoms with Crippen LogP contribution in [0.2, 0.25) is 0 Å². The van der Waals surface area contributed by atoms with Crippen molar-refractivity contribution in [3.05, 3.63) is 69.9 Å². The van der Waals surface area contributed by atoms with E-state index in [1.807, 2.05) is 0 Å². The van der Waals surface area contributed by atoms with Crippen LogP contribution in [0.3, 0.4) is 0 Å². The third-order valence-corrected chi connectivity index (χ3v) is 3.72. The summed E-state index contributed by atoms with van der Waals surface area (Å²) < 4.78 is 39.2. The number of benzene rings is 1. The lowest BCUT2D eigenvalue weighted by Gasteiger charge is -2.16. The molecule has 25 heavy (non-hydrogen) atoms. The van der Waals surface area contributed by atoms with Crippen LogP contribution < -0.4 is 4.90 Å². The number of imidazole rings is 1. The van der Waals surface area contributed by atoms with Gasteiger partial charge in [-0.1, -0.05) is 18.2 Å². The molecular formula is C16H13F3N4O2. The fourth-order valence-corrected chi connectivity index (χ4v) is 2.54. The van der Waals surface area contributed by atoms with Gasteiger partial charge in [0.1, 0.15) is 0 Å². The van der Waals surface area contributed by atoms with E-state index in [1.54, 1.807) is 25.2 Å². The van der Waals surface area contributed by atoms with E-state index in [0.29, 0.717) is 11.2 Å². The highest BCUT2D eigenvalue weighted by Crippen LogP contribution is 2.31. The molecule has 0 aliphatic heterocycles. The minimum absolute atomic E-state index is 0.149. The number of hydrogen-bond donors (Lipinski definition) is 0. The monoisotopic (exact) mass is 350 g/mol. The zero-order chi connectivity index (χ0) is 18.2. The van der Waals surface area contributed by atoms with Gasteiger partial charge < -0.3 is 15.0 Å². The SMILES string of the molecule is CN(Cc1ccc(C(F)(F)F)cc1)c1nc2ccccn2c1[N+](=O)[O-]. The van der Waals surface area contributed by atoms with Crippen LogP contribution in [-0.2, 0) is 12.7 Å². The molecule has 2 heterocycles. The first-order valence-electron chi connectivity index (χ1n) is 7.26. The van der Waals surface area contributed by atoms with E-state index in [-0.39, 0.29) is 18.2 Å². The molecule has 0 aliphatic rings. The molecule has 0 spiro atoms. The Hall–Kier alpha value is -3.10. The van der Waals surface area contributed by atoms with Crippen molar-refractivity contribution in [3.8, 4) is 0 Å². The van der Waals surface area contributed by atoms with Crippen LogP contribution in [0.4, 0.5) is 24.8 Å². The van der Waals surface area contributed by atoms with Gasteiger partial charge in [-0.3, -0.25) is 0 Å². The Labute approximate surface area is 140 Å². The van der Waals surface area contributed by atoms with Gasteiger partial charge in [-0.2, -0.15) is 22.6 Å². The Kier molecular flexibility index (Phi) is 4.07. The number of nitrogens with zero attached hydrogens (tertiary/aromatic N) is 4. The summed E-state index contributed by atoms with van der Waals surface area (Å²) in [4.78, 5) is 16.7. The molecule has 1 aromatic carbocycles. The molecule has 130 valence electrons. The summed E-state index contributed by atoms with van der Waals surface area (Å²) in [6, 6.07) is 9.68. The van der Waals surface area contributed by atoms with Gasteiger partial charge in [0.15, 0.2) is 0 Å². The van der Waals surface area contributed by atoms with Crippen LogP contribution in [0, 0.1) is 10.1 Å². The zero-order valence-electron chi connectivity index (χ0n) is 13.1. The predicted molar refractivity (Wildman–Crippen MR) is 85.4 cm³/mol. The molecule has 0 atom stereocenters. The standard InChI is InChI=1S/C16H13F3N4O2/c1-21(10-11-5-7-12(8-6-11)16(17,18)19)14-15(23(24)25)22-9-3-2-4-13(22)20-14/h2-9H,10H2,1H3. The Morgan fingerprint density at radius 2 is 1.88 bits per heavy atom. The second-order valence-corrected chi connectivity index (χ2v) is 5.50. The van der Waals surface area contributed by atoms with Gasteiger partial charge in [-0.05, 0) is 28.7 Å².